The lowest BCUT2D eigenvalue weighted by molar-refractivity contribution is -0.187. The maximum Gasteiger partial charge on any atom is 0.471 e. The highest BCUT2D eigenvalue weighted by Crippen LogP contribution is 2.39. The van der Waals surface area contributed by atoms with Crippen LogP contribution < -0.4 is 10.5 Å². The Kier molecular flexibility index (Phi) is 4.02. The molecule has 0 radical (unpaired) electrons. The van der Waals surface area contributed by atoms with Gasteiger partial charge in [-0.2, -0.15) is 13.2 Å². The highest BCUT2D eigenvalue weighted by atomic mass is 19.4. The molecule has 1 aliphatic rings. The van der Waals surface area contributed by atoms with Crippen LogP contribution in [0.1, 0.15) is 31.9 Å². The first kappa shape index (κ1) is 16.5. The van der Waals surface area contributed by atoms with E-state index in [2.05, 4.69) is 0 Å². The first-order valence-corrected chi connectivity index (χ1v) is 6.98. The molecule has 1 amide bonds. The molecule has 22 heavy (non-hydrogen) atoms. The molecule has 2 N–H and O–H groups in total. The van der Waals surface area contributed by atoms with Gasteiger partial charge in [0, 0.05) is 18.5 Å². The van der Waals surface area contributed by atoms with Gasteiger partial charge >= 0.3 is 12.1 Å². The quantitative estimate of drug-likeness (QED) is 0.854. The van der Waals surface area contributed by atoms with Crippen LogP contribution in [0.3, 0.4) is 0 Å². The number of halogens is 3. The summed E-state index contributed by atoms with van der Waals surface area (Å²) >= 11 is 0. The van der Waals surface area contributed by atoms with Crippen LogP contribution in [0, 0.1) is 0 Å². The Labute approximate surface area is 127 Å². The van der Waals surface area contributed by atoms with E-state index in [1.807, 2.05) is 6.92 Å². The average molecular weight is 316 g/mol. The van der Waals surface area contributed by atoms with Crippen LogP contribution in [-0.2, 0) is 16.8 Å². The average Bonchev–Trinajstić information content (AvgIpc) is 2.38. The van der Waals surface area contributed by atoms with E-state index in [1.54, 1.807) is 26.0 Å². The standard InChI is InChI=1S/C15H19F3N2O2/c1-4-22-12-6-10-9(5-11(12)19)7-20(8-14(10,2)3)13(21)15(16,17)18/h5-6H,4,7-8,19H2,1-3H3. The molecule has 1 aromatic carbocycles. The second-order valence-electron chi connectivity index (χ2n) is 6.02. The Bertz CT molecular complexity index is 597. The van der Waals surface area contributed by atoms with Crippen molar-refractivity contribution in [3.63, 3.8) is 0 Å². The van der Waals surface area contributed by atoms with Gasteiger partial charge in [0.15, 0.2) is 0 Å². The van der Waals surface area contributed by atoms with Crippen molar-refractivity contribution in [3.8, 4) is 5.75 Å². The summed E-state index contributed by atoms with van der Waals surface area (Å²) in [7, 11) is 0. The van der Waals surface area contributed by atoms with E-state index in [1.165, 1.54) is 0 Å². The number of ether oxygens (including phenoxy) is 1. The van der Waals surface area contributed by atoms with E-state index in [0.29, 0.717) is 23.6 Å². The highest BCUT2D eigenvalue weighted by molar-refractivity contribution is 5.82. The molecule has 0 atom stereocenters. The van der Waals surface area contributed by atoms with Gasteiger partial charge in [-0.05, 0) is 30.2 Å². The number of nitrogen functional groups attached to an aromatic ring is 1. The van der Waals surface area contributed by atoms with E-state index in [9.17, 15) is 18.0 Å². The molecule has 0 aromatic heterocycles. The summed E-state index contributed by atoms with van der Waals surface area (Å²) in [6.45, 7) is 5.76. The second-order valence-corrected chi connectivity index (χ2v) is 6.02. The zero-order chi connectivity index (χ0) is 16.7. The van der Waals surface area contributed by atoms with E-state index < -0.39 is 17.5 Å². The summed E-state index contributed by atoms with van der Waals surface area (Å²) in [5, 5.41) is 0. The van der Waals surface area contributed by atoms with Crippen molar-refractivity contribution in [2.24, 2.45) is 0 Å². The second kappa shape index (κ2) is 5.37. The van der Waals surface area contributed by atoms with Crippen LogP contribution >= 0.6 is 0 Å². The first-order valence-electron chi connectivity index (χ1n) is 6.98. The molecule has 122 valence electrons. The van der Waals surface area contributed by atoms with Crippen LogP contribution in [-0.4, -0.2) is 30.1 Å². The molecular formula is C15H19F3N2O2. The smallest absolute Gasteiger partial charge is 0.471 e. The van der Waals surface area contributed by atoms with Gasteiger partial charge in [0.1, 0.15) is 5.75 Å². The van der Waals surface area contributed by atoms with Gasteiger partial charge in [0.05, 0.1) is 12.3 Å². The molecule has 0 spiro atoms. The Morgan fingerprint density at radius 2 is 2.05 bits per heavy atom. The predicted molar refractivity (Wildman–Crippen MR) is 76.5 cm³/mol. The zero-order valence-electron chi connectivity index (χ0n) is 12.8. The van der Waals surface area contributed by atoms with Crippen molar-refractivity contribution < 1.29 is 22.7 Å². The van der Waals surface area contributed by atoms with Crippen molar-refractivity contribution in [1.82, 2.24) is 4.90 Å². The molecule has 7 heteroatoms. The fraction of sp³-hybridized carbons (Fsp3) is 0.533. The number of nitrogens with two attached hydrogens (primary N) is 1. The van der Waals surface area contributed by atoms with Gasteiger partial charge in [-0.15, -0.1) is 0 Å². The third-order valence-electron chi connectivity index (χ3n) is 3.74. The molecule has 0 bridgehead atoms. The van der Waals surface area contributed by atoms with Crippen LogP contribution in [0.4, 0.5) is 18.9 Å². The topological polar surface area (TPSA) is 55.6 Å². The lowest BCUT2D eigenvalue weighted by Gasteiger charge is -2.40. The summed E-state index contributed by atoms with van der Waals surface area (Å²) in [6, 6.07) is 3.36. The van der Waals surface area contributed by atoms with Gasteiger partial charge in [-0.25, -0.2) is 0 Å². The van der Waals surface area contributed by atoms with Crippen LogP contribution in [0.5, 0.6) is 5.75 Å². The van der Waals surface area contributed by atoms with Crippen molar-refractivity contribution in [2.75, 3.05) is 18.9 Å². The molecular weight excluding hydrogens is 297 g/mol. The maximum absolute atomic E-state index is 12.7. The van der Waals surface area contributed by atoms with Crippen LogP contribution in [0.25, 0.3) is 0 Å². The molecule has 0 aliphatic carbocycles. The fourth-order valence-corrected chi connectivity index (χ4v) is 2.83. The monoisotopic (exact) mass is 316 g/mol. The van der Waals surface area contributed by atoms with Crippen LogP contribution in [0.2, 0.25) is 0 Å². The Hall–Kier alpha value is -1.92. The number of alkyl halides is 3. The minimum Gasteiger partial charge on any atom is -0.492 e. The minimum atomic E-state index is -4.87. The van der Waals surface area contributed by atoms with Gasteiger partial charge < -0.3 is 15.4 Å². The summed E-state index contributed by atoms with van der Waals surface area (Å²) in [6.07, 6.45) is -4.87. The number of hydrogen-bond acceptors (Lipinski definition) is 3. The molecule has 1 aromatic rings. The molecule has 0 unspecified atom stereocenters. The summed E-state index contributed by atoms with van der Waals surface area (Å²) < 4.78 is 43.4. The number of nitrogens with zero attached hydrogens (tertiary/aromatic N) is 1. The predicted octanol–water partition coefficient (Wildman–Crippen LogP) is 2.85. The number of benzene rings is 1. The van der Waals surface area contributed by atoms with Gasteiger partial charge in [-0.1, -0.05) is 13.8 Å². The van der Waals surface area contributed by atoms with Crippen molar-refractivity contribution in [3.05, 3.63) is 23.3 Å². The Morgan fingerprint density at radius 3 is 2.59 bits per heavy atom. The van der Waals surface area contributed by atoms with Crippen LogP contribution in [0.15, 0.2) is 12.1 Å². The molecule has 0 saturated heterocycles. The summed E-state index contributed by atoms with van der Waals surface area (Å²) in [4.78, 5) is 12.3. The third kappa shape index (κ3) is 2.98. The molecule has 2 rings (SSSR count). The normalized spacial score (nSPS) is 17.1. The van der Waals surface area contributed by atoms with Gasteiger partial charge in [0.25, 0.3) is 0 Å². The molecule has 0 saturated carbocycles. The minimum absolute atomic E-state index is 0.00612. The van der Waals surface area contributed by atoms with E-state index in [-0.39, 0.29) is 13.1 Å². The fourth-order valence-electron chi connectivity index (χ4n) is 2.83. The Balaban J connectivity index is 2.43. The molecule has 1 aliphatic heterocycles. The highest BCUT2D eigenvalue weighted by Gasteiger charge is 2.46. The van der Waals surface area contributed by atoms with Crippen molar-refractivity contribution >= 4 is 11.6 Å². The lowest BCUT2D eigenvalue weighted by Crippen LogP contribution is -2.49. The van der Waals surface area contributed by atoms with E-state index in [4.69, 9.17) is 10.5 Å². The Morgan fingerprint density at radius 1 is 1.41 bits per heavy atom. The van der Waals surface area contributed by atoms with Gasteiger partial charge in [-0.3, -0.25) is 4.79 Å². The summed E-state index contributed by atoms with van der Waals surface area (Å²) in [5.74, 6) is -1.30. The van der Waals surface area contributed by atoms with Crippen molar-refractivity contribution in [2.45, 2.75) is 38.9 Å². The SMILES string of the molecule is CCOc1cc2c(cc1N)CN(C(=O)C(F)(F)F)CC2(C)C. The maximum atomic E-state index is 12.7. The molecule has 1 heterocycles. The number of hydrogen-bond donors (Lipinski definition) is 1. The number of rotatable bonds is 2. The number of anilines is 1. The van der Waals surface area contributed by atoms with E-state index >= 15 is 0 Å². The summed E-state index contributed by atoms with van der Waals surface area (Å²) in [5.41, 5.74) is 7.10. The number of fused-ring (bicyclic) bond motifs is 1. The molecule has 0 fully saturated rings. The lowest BCUT2D eigenvalue weighted by atomic mass is 9.78. The first-order chi connectivity index (χ1) is 10.1. The van der Waals surface area contributed by atoms with Gasteiger partial charge in [0.2, 0.25) is 0 Å². The number of carbonyl (C=O) groups excluding carboxylic acids is 1. The van der Waals surface area contributed by atoms with E-state index in [0.717, 1.165) is 10.5 Å². The number of carbonyl (C=O) groups is 1. The largest absolute Gasteiger partial charge is 0.492 e. The molecule has 4 nitrogen and oxygen atoms in total. The number of amides is 1. The van der Waals surface area contributed by atoms with Crippen molar-refractivity contribution in [1.29, 1.82) is 0 Å². The zero-order valence-corrected chi connectivity index (χ0v) is 12.8. The third-order valence-corrected chi connectivity index (χ3v) is 3.74.